The molecular weight excluding hydrogens is 291 g/mol. The first kappa shape index (κ1) is 15.7. The average molecular weight is 307 g/mol. The Hall–Kier alpha value is -0.380. The molecule has 18 heavy (non-hydrogen) atoms. The summed E-state index contributed by atoms with van der Waals surface area (Å²) >= 11 is 13.5. The summed E-state index contributed by atoms with van der Waals surface area (Å²) in [5.74, 6) is 0.386. The van der Waals surface area contributed by atoms with Gasteiger partial charge >= 0.3 is 5.97 Å². The number of benzene rings is 1. The quantitative estimate of drug-likeness (QED) is 0.589. The van der Waals surface area contributed by atoms with E-state index in [0.717, 1.165) is 4.90 Å². The Balaban J connectivity index is 2.45. The number of carbonyl (C=O) groups excluding carboxylic acids is 1. The first-order valence-electron chi connectivity index (χ1n) is 5.58. The molecule has 0 aliphatic carbocycles. The number of hydrogen-bond acceptors (Lipinski definition) is 3. The number of esters is 1. The molecule has 0 radical (unpaired) electrons. The largest absolute Gasteiger partial charge is 0.460 e. The summed E-state index contributed by atoms with van der Waals surface area (Å²) < 4.78 is 5.22. The van der Waals surface area contributed by atoms with E-state index in [9.17, 15) is 4.79 Å². The van der Waals surface area contributed by atoms with Gasteiger partial charge in [0, 0.05) is 10.6 Å². The van der Waals surface area contributed by atoms with Gasteiger partial charge in [0.05, 0.1) is 16.5 Å². The summed E-state index contributed by atoms with van der Waals surface area (Å²) in [5.41, 5.74) is -0.441. The molecule has 1 rings (SSSR count). The first-order valence-corrected chi connectivity index (χ1v) is 7.32. The Labute approximate surface area is 122 Å². The smallest absolute Gasteiger partial charge is 0.307 e. The molecule has 0 saturated carbocycles. The number of thioether (sulfide) groups is 1. The van der Waals surface area contributed by atoms with E-state index in [1.54, 1.807) is 18.2 Å². The second kappa shape index (κ2) is 6.69. The molecule has 1 aromatic carbocycles. The molecule has 0 bridgehead atoms. The lowest BCUT2D eigenvalue weighted by molar-refractivity contribution is -0.154. The number of hydrogen-bond donors (Lipinski definition) is 0. The van der Waals surface area contributed by atoms with Gasteiger partial charge in [0.2, 0.25) is 0 Å². The van der Waals surface area contributed by atoms with E-state index in [1.807, 2.05) is 20.8 Å². The molecule has 0 saturated heterocycles. The zero-order valence-corrected chi connectivity index (χ0v) is 13.0. The minimum Gasteiger partial charge on any atom is -0.460 e. The van der Waals surface area contributed by atoms with Crippen LogP contribution in [0.1, 0.15) is 27.2 Å². The fraction of sp³-hybridized carbons (Fsp3) is 0.462. The lowest BCUT2D eigenvalue weighted by Gasteiger charge is -2.19. The Morgan fingerprint density at radius 2 is 1.83 bits per heavy atom. The maximum Gasteiger partial charge on any atom is 0.307 e. The molecule has 0 spiro atoms. The van der Waals surface area contributed by atoms with Crippen LogP contribution in [0.15, 0.2) is 23.1 Å². The van der Waals surface area contributed by atoms with Crippen molar-refractivity contribution in [1.29, 1.82) is 0 Å². The van der Waals surface area contributed by atoms with Crippen LogP contribution in [0.4, 0.5) is 0 Å². The van der Waals surface area contributed by atoms with Gasteiger partial charge in [0.25, 0.3) is 0 Å². The average Bonchev–Trinajstić information content (AvgIpc) is 2.19. The molecule has 0 aliphatic heterocycles. The number of halogens is 2. The van der Waals surface area contributed by atoms with Crippen molar-refractivity contribution in [2.75, 3.05) is 5.75 Å². The van der Waals surface area contributed by atoms with Gasteiger partial charge in [0.15, 0.2) is 0 Å². The second-order valence-corrected chi connectivity index (χ2v) is 6.66. The minimum atomic E-state index is -0.441. The van der Waals surface area contributed by atoms with Crippen LogP contribution in [0.3, 0.4) is 0 Å². The standard InChI is InChI=1S/C13H16Cl2O2S/c1-13(2,3)17-11(16)7-8-18-12-9(14)5-4-6-10(12)15/h4-6H,7-8H2,1-3H3. The van der Waals surface area contributed by atoms with Gasteiger partial charge in [-0.3, -0.25) is 4.79 Å². The zero-order valence-electron chi connectivity index (χ0n) is 10.6. The molecule has 100 valence electrons. The summed E-state index contributed by atoms with van der Waals surface area (Å²) in [5, 5.41) is 1.22. The number of carbonyl (C=O) groups is 1. The van der Waals surface area contributed by atoms with Crippen LogP contribution in [0, 0.1) is 0 Å². The fourth-order valence-corrected chi connectivity index (χ4v) is 2.86. The first-order chi connectivity index (χ1) is 8.29. The molecule has 0 N–H and O–H groups in total. The summed E-state index contributed by atoms with van der Waals surface area (Å²) in [4.78, 5) is 12.3. The molecule has 0 atom stereocenters. The Kier molecular flexibility index (Phi) is 5.83. The summed E-state index contributed by atoms with van der Waals surface area (Å²) in [7, 11) is 0. The van der Waals surface area contributed by atoms with Gasteiger partial charge in [-0.1, -0.05) is 29.3 Å². The van der Waals surface area contributed by atoms with E-state index < -0.39 is 5.60 Å². The molecule has 2 nitrogen and oxygen atoms in total. The van der Waals surface area contributed by atoms with E-state index >= 15 is 0 Å². The molecule has 5 heteroatoms. The van der Waals surface area contributed by atoms with Gasteiger partial charge in [-0.25, -0.2) is 0 Å². The topological polar surface area (TPSA) is 26.3 Å². The van der Waals surface area contributed by atoms with Crippen LogP contribution in [0.25, 0.3) is 0 Å². The number of ether oxygens (including phenoxy) is 1. The lowest BCUT2D eigenvalue weighted by atomic mass is 10.2. The number of rotatable bonds is 4. The Morgan fingerprint density at radius 3 is 2.33 bits per heavy atom. The van der Waals surface area contributed by atoms with E-state index in [-0.39, 0.29) is 5.97 Å². The third kappa shape index (κ3) is 5.51. The van der Waals surface area contributed by atoms with Crippen LogP contribution in [0.5, 0.6) is 0 Å². The Morgan fingerprint density at radius 1 is 1.28 bits per heavy atom. The van der Waals surface area contributed by atoms with Crippen molar-refractivity contribution in [1.82, 2.24) is 0 Å². The molecule has 0 amide bonds. The normalized spacial score (nSPS) is 11.4. The molecule has 0 aliphatic rings. The van der Waals surface area contributed by atoms with Crippen molar-refractivity contribution in [3.05, 3.63) is 28.2 Å². The predicted molar refractivity (Wildman–Crippen MR) is 77.6 cm³/mol. The fourth-order valence-electron chi connectivity index (χ4n) is 1.25. The van der Waals surface area contributed by atoms with Crippen LogP contribution in [-0.2, 0) is 9.53 Å². The zero-order chi connectivity index (χ0) is 13.8. The van der Waals surface area contributed by atoms with Crippen molar-refractivity contribution in [3.8, 4) is 0 Å². The van der Waals surface area contributed by atoms with Crippen molar-refractivity contribution >= 4 is 40.9 Å². The van der Waals surface area contributed by atoms with Crippen molar-refractivity contribution < 1.29 is 9.53 Å². The highest BCUT2D eigenvalue weighted by Gasteiger charge is 2.16. The second-order valence-electron chi connectivity index (χ2n) is 4.74. The van der Waals surface area contributed by atoms with Crippen LogP contribution >= 0.6 is 35.0 Å². The third-order valence-corrected chi connectivity index (χ3v) is 3.88. The van der Waals surface area contributed by atoms with Crippen LogP contribution < -0.4 is 0 Å². The van der Waals surface area contributed by atoms with Gasteiger partial charge in [-0.15, -0.1) is 11.8 Å². The molecule has 1 aromatic rings. The monoisotopic (exact) mass is 306 g/mol. The summed E-state index contributed by atoms with van der Waals surface area (Å²) in [6.07, 6.45) is 0.337. The highest BCUT2D eigenvalue weighted by Crippen LogP contribution is 2.34. The maximum absolute atomic E-state index is 11.5. The van der Waals surface area contributed by atoms with Crippen LogP contribution in [-0.4, -0.2) is 17.3 Å². The third-order valence-electron chi connectivity index (χ3n) is 1.89. The maximum atomic E-state index is 11.5. The van der Waals surface area contributed by atoms with Gasteiger partial charge in [0.1, 0.15) is 5.60 Å². The highest BCUT2D eigenvalue weighted by atomic mass is 35.5. The van der Waals surface area contributed by atoms with Crippen LogP contribution in [0.2, 0.25) is 10.0 Å². The molecule has 0 fully saturated rings. The van der Waals surface area contributed by atoms with Gasteiger partial charge in [-0.2, -0.15) is 0 Å². The molecule has 0 unspecified atom stereocenters. The molecule has 0 aromatic heterocycles. The van der Waals surface area contributed by atoms with E-state index in [2.05, 4.69) is 0 Å². The summed E-state index contributed by atoms with van der Waals surface area (Å²) in [6.45, 7) is 5.55. The summed E-state index contributed by atoms with van der Waals surface area (Å²) in [6, 6.07) is 5.36. The van der Waals surface area contributed by atoms with E-state index in [0.29, 0.717) is 22.2 Å². The van der Waals surface area contributed by atoms with Crippen molar-refractivity contribution in [3.63, 3.8) is 0 Å². The molecular formula is C13H16Cl2O2S. The predicted octanol–water partition coefficient (Wildman–Crippen LogP) is 4.82. The van der Waals surface area contributed by atoms with E-state index in [4.69, 9.17) is 27.9 Å². The van der Waals surface area contributed by atoms with Crippen molar-refractivity contribution in [2.24, 2.45) is 0 Å². The molecule has 0 heterocycles. The Bertz CT molecular complexity index is 407. The van der Waals surface area contributed by atoms with Gasteiger partial charge < -0.3 is 4.74 Å². The lowest BCUT2D eigenvalue weighted by Crippen LogP contribution is -2.24. The SMILES string of the molecule is CC(C)(C)OC(=O)CCSc1c(Cl)cccc1Cl. The van der Waals surface area contributed by atoms with Gasteiger partial charge in [-0.05, 0) is 32.9 Å². The van der Waals surface area contributed by atoms with Crippen molar-refractivity contribution in [2.45, 2.75) is 37.7 Å². The highest BCUT2D eigenvalue weighted by molar-refractivity contribution is 7.99. The minimum absolute atomic E-state index is 0.210. The van der Waals surface area contributed by atoms with E-state index in [1.165, 1.54) is 11.8 Å².